The van der Waals surface area contributed by atoms with Gasteiger partial charge in [-0.05, 0) is 43.2 Å². The van der Waals surface area contributed by atoms with E-state index in [9.17, 15) is 18.0 Å². The zero-order chi connectivity index (χ0) is 21.9. The molecular formula is C21H24N4O4S. The van der Waals surface area contributed by atoms with Crippen molar-refractivity contribution in [3.63, 3.8) is 0 Å². The minimum atomic E-state index is -3.59. The molecular weight excluding hydrogens is 404 g/mol. The zero-order valence-corrected chi connectivity index (χ0v) is 17.9. The number of nitrogens with zero attached hydrogens (tertiary/aromatic N) is 3. The fourth-order valence-electron chi connectivity index (χ4n) is 3.00. The number of hydrogen-bond donors (Lipinski definition) is 1. The minimum absolute atomic E-state index is 0.113. The molecule has 2 aromatic carbocycles. The number of para-hydroxylation sites is 1. The topological polar surface area (TPSA) is 101 Å². The lowest BCUT2D eigenvalue weighted by atomic mass is 10.2. The second kappa shape index (κ2) is 8.76. The summed E-state index contributed by atoms with van der Waals surface area (Å²) in [5, 5.41) is 3.31. The molecule has 3 aromatic rings. The molecule has 0 aliphatic heterocycles. The monoisotopic (exact) mass is 428 g/mol. The Morgan fingerprint density at radius 1 is 1.17 bits per heavy atom. The van der Waals surface area contributed by atoms with E-state index in [0.717, 1.165) is 9.87 Å². The van der Waals surface area contributed by atoms with Crippen LogP contribution < -0.4 is 10.9 Å². The van der Waals surface area contributed by atoms with Crippen LogP contribution in [0.4, 0.5) is 5.69 Å². The van der Waals surface area contributed by atoms with Crippen molar-refractivity contribution >= 4 is 32.5 Å². The van der Waals surface area contributed by atoms with Crippen molar-refractivity contribution in [1.29, 1.82) is 0 Å². The fraction of sp³-hybridized carbons (Fsp3) is 0.286. The maximum atomic E-state index is 12.5. The number of carbonyl (C=O) groups is 1. The fourth-order valence-corrected chi connectivity index (χ4v) is 3.92. The predicted octanol–water partition coefficient (Wildman–Crippen LogP) is 2.37. The molecule has 0 saturated carbocycles. The Morgan fingerprint density at radius 3 is 2.63 bits per heavy atom. The Labute approximate surface area is 175 Å². The summed E-state index contributed by atoms with van der Waals surface area (Å²) >= 11 is 0. The Balaban J connectivity index is 1.66. The lowest BCUT2D eigenvalue weighted by molar-refractivity contribution is -0.116. The average Bonchev–Trinajstić information content (AvgIpc) is 2.71. The molecule has 3 rings (SSSR count). The van der Waals surface area contributed by atoms with Gasteiger partial charge in [-0.3, -0.25) is 14.2 Å². The van der Waals surface area contributed by atoms with Gasteiger partial charge in [0.1, 0.15) is 0 Å². The van der Waals surface area contributed by atoms with Gasteiger partial charge in [0.25, 0.3) is 5.56 Å². The van der Waals surface area contributed by atoms with Gasteiger partial charge in [0.15, 0.2) is 0 Å². The third-order valence-corrected chi connectivity index (χ3v) is 6.61. The number of aromatic nitrogens is 2. The second-order valence-electron chi connectivity index (χ2n) is 7.18. The van der Waals surface area contributed by atoms with Gasteiger partial charge in [-0.1, -0.05) is 18.2 Å². The van der Waals surface area contributed by atoms with Crippen LogP contribution in [0.5, 0.6) is 0 Å². The molecule has 30 heavy (non-hydrogen) atoms. The van der Waals surface area contributed by atoms with Crippen molar-refractivity contribution < 1.29 is 13.2 Å². The van der Waals surface area contributed by atoms with Crippen LogP contribution in [-0.2, 0) is 21.4 Å². The summed E-state index contributed by atoms with van der Waals surface area (Å²) in [7, 11) is -0.680. The van der Waals surface area contributed by atoms with Gasteiger partial charge >= 0.3 is 0 Å². The standard InChI is InChI=1S/C21H24N4O4S/c1-15-10-11-16(30(28,29)24(2)3)13-19(15)23-20(26)9-6-12-25-14-22-18-8-5-4-7-17(18)21(25)27/h4-5,7-8,10-11,13-14H,6,9,12H2,1-3H3,(H,23,26). The highest BCUT2D eigenvalue weighted by Gasteiger charge is 2.18. The molecule has 0 spiro atoms. The average molecular weight is 429 g/mol. The largest absolute Gasteiger partial charge is 0.326 e. The maximum absolute atomic E-state index is 12.5. The first kappa shape index (κ1) is 21.7. The number of carbonyl (C=O) groups excluding carboxylic acids is 1. The molecule has 1 N–H and O–H groups in total. The summed E-state index contributed by atoms with van der Waals surface area (Å²) < 4.78 is 27.2. The van der Waals surface area contributed by atoms with E-state index in [1.807, 2.05) is 6.07 Å². The van der Waals surface area contributed by atoms with Gasteiger partial charge in [-0.25, -0.2) is 17.7 Å². The Bertz CT molecular complexity index is 1250. The van der Waals surface area contributed by atoms with Gasteiger partial charge in [-0.2, -0.15) is 0 Å². The van der Waals surface area contributed by atoms with Gasteiger partial charge in [0, 0.05) is 32.7 Å². The third kappa shape index (κ3) is 4.58. The zero-order valence-electron chi connectivity index (χ0n) is 17.1. The van der Waals surface area contributed by atoms with E-state index in [0.29, 0.717) is 29.6 Å². The van der Waals surface area contributed by atoms with E-state index in [1.165, 1.54) is 37.1 Å². The van der Waals surface area contributed by atoms with Gasteiger partial charge < -0.3 is 5.32 Å². The highest BCUT2D eigenvalue weighted by Crippen LogP contribution is 2.22. The van der Waals surface area contributed by atoms with Crippen LogP contribution in [0.3, 0.4) is 0 Å². The number of rotatable bonds is 7. The number of nitrogens with one attached hydrogen (secondary N) is 1. The van der Waals surface area contributed by atoms with E-state index in [-0.39, 0.29) is 22.8 Å². The van der Waals surface area contributed by atoms with Crippen molar-refractivity contribution in [2.45, 2.75) is 31.2 Å². The predicted molar refractivity (Wildman–Crippen MR) is 116 cm³/mol. The smallest absolute Gasteiger partial charge is 0.261 e. The summed E-state index contributed by atoms with van der Waals surface area (Å²) in [4.78, 5) is 29.2. The first-order chi connectivity index (χ1) is 14.2. The van der Waals surface area contributed by atoms with Crippen LogP contribution >= 0.6 is 0 Å². The molecule has 8 nitrogen and oxygen atoms in total. The molecule has 0 bridgehead atoms. The van der Waals surface area contributed by atoms with Crippen LogP contribution in [-0.4, -0.2) is 42.3 Å². The van der Waals surface area contributed by atoms with E-state index in [4.69, 9.17) is 0 Å². The highest BCUT2D eigenvalue weighted by atomic mass is 32.2. The number of anilines is 1. The second-order valence-corrected chi connectivity index (χ2v) is 9.33. The van der Waals surface area contributed by atoms with Gasteiger partial charge in [-0.15, -0.1) is 0 Å². The Morgan fingerprint density at radius 2 is 1.90 bits per heavy atom. The lowest BCUT2D eigenvalue weighted by Gasteiger charge is -2.14. The number of hydrogen-bond acceptors (Lipinski definition) is 5. The van der Waals surface area contributed by atoms with Crippen molar-refractivity contribution in [3.05, 3.63) is 64.7 Å². The molecule has 0 radical (unpaired) electrons. The molecule has 0 unspecified atom stereocenters. The SMILES string of the molecule is Cc1ccc(S(=O)(=O)N(C)C)cc1NC(=O)CCCn1cnc2ccccc2c1=O. The molecule has 0 atom stereocenters. The van der Waals surface area contributed by atoms with Crippen LogP contribution in [0.1, 0.15) is 18.4 Å². The molecule has 0 aliphatic rings. The maximum Gasteiger partial charge on any atom is 0.261 e. The quantitative estimate of drug-likeness (QED) is 0.623. The molecule has 158 valence electrons. The molecule has 1 aromatic heterocycles. The van der Waals surface area contributed by atoms with Crippen LogP contribution in [0.25, 0.3) is 10.9 Å². The van der Waals surface area contributed by atoms with Crippen molar-refractivity contribution in [2.75, 3.05) is 19.4 Å². The summed E-state index contributed by atoms with van der Waals surface area (Å²) in [6.45, 7) is 2.15. The molecule has 9 heteroatoms. The molecule has 0 aliphatic carbocycles. The molecule has 0 fully saturated rings. The number of sulfonamides is 1. The summed E-state index contributed by atoms with van der Waals surface area (Å²) in [6.07, 6.45) is 2.12. The van der Waals surface area contributed by atoms with Crippen LogP contribution in [0.15, 0.2) is 58.5 Å². The van der Waals surface area contributed by atoms with Crippen molar-refractivity contribution in [3.8, 4) is 0 Å². The van der Waals surface area contributed by atoms with Crippen LogP contribution in [0, 0.1) is 6.92 Å². The van der Waals surface area contributed by atoms with Crippen LogP contribution in [0.2, 0.25) is 0 Å². The minimum Gasteiger partial charge on any atom is -0.326 e. The molecule has 1 heterocycles. The van der Waals surface area contributed by atoms with Crippen molar-refractivity contribution in [1.82, 2.24) is 13.9 Å². The van der Waals surface area contributed by atoms with Gasteiger partial charge in [0.05, 0.1) is 22.1 Å². The summed E-state index contributed by atoms with van der Waals surface area (Å²) in [5.74, 6) is -0.251. The number of aryl methyl sites for hydroxylation is 2. The van der Waals surface area contributed by atoms with E-state index >= 15 is 0 Å². The van der Waals surface area contributed by atoms with Gasteiger partial charge in [0.2, 0.25) is 15.9 Å². The first-order valence-corrected chi connectivity index (χ1v) is 10.9. The Hall–Kier alpha value is -3.04. The number of benzene rings is 2. The van der Waals surface area contributed by atoms with E-state index in [1.54, 1.807) is 31.2 Å². The first-order valence-electron chi connectivity index (χ1n) is 9.47. The van der Waals surface area contributed by atoms with E-state index in [2.05, 4.69) is 10.3 Å². The highest BCUT2D eigenvalue weighted by molar-refractivity contribution is 7.89. The third-order valence-electron chi connectivity index (χ3n) is 4.80. The summed E-state index contributed by atoms with van der Waals surface area (Å²) in [5.41, 5.74) is 1.71. The summed E-state index contributed by atoms with van der Waals surface area (Å²) in [6, 6.07) is 11.7. The Kier molecular flexibility index (Phi) is 6.33. The number of amides is 1. The lowest BCUT2D eigenvalue weighted by Crippen LogP contribution is -2.23. The van der Waals surface area contributed by atoms with E-state index < -0.39 is 10.0 Å². The molecule has 0 saturated heterocycles. The van der Waals surface area contributed by atoms with Crippen molar-refractivity contribution in [2.24, 2.45) is 0 Å². The molecule has 1 amide bonds. The normalized spacial score (nSPS) is 11.7. The number of fused-ring (bicyclic) bond motifs is 1.